The minimum absolute atomic E-state index is 0.190. The first-order chi connectivity index (χ1) is 14.0. The summed E-state index contributed by atoms with van der Waals surface area (Å²) in [6.45, 7) is 1.43. The first-order valence-corrected chi connectivity index (χ1v) is 9.26. The molecule has 0 aliphatic rings. The summed E-state index contributed by atoms with van der Waals surface area (Å²) in [6.07, 6.45) is 1.58. The van der Waals surface area contributed by atoms with Crippen LogP contribution in [0.1, 0.15) is 6.92 Å². The van der Waals surface area contributed by atoms with Gasteiger partial charge in [-0.15, -0.1) is 0 Å². The highest BCUT2D eigenvalue weighted by molar-refractivity contribution is 6.30. The van der Waals surface area contributed by atoms with Crippen LogP contribution in [0.5, 0.6) is 11.5 Å². The number of nitrogens with zero attached hydrogens (tertiary/aromatic N) is 3. The molecule has 146 valence electrons. The Morgan fingerprint density at radius 3 is 2.59 bits per heavy atom. The lowest BCUT2D eigenvalue weighted by Crippen LogP contribution is -2.07. The smallest absolute Gasteiger partial charge is 0.222 e. The topological polar surface area (TPSA) is 81.1 Å². The number of halogens is 1. The fourth-order valence-corrected chi connectivity index (χ4v) is 3.00. The molecule has 0 saturated heterocycles. The maximum atomic E-state index is 11.2. The van der Waals surface area contributed by atoms with Gasteiger partial charge in [0.05, 0.1) is 11.0 Å². The highest BCUT2D eigenvalue weighted by Crippen LogP contribution is 2.28. The Hall–Kier alpha value is -3.58. The Kier molecular flexibility index (Phi) is 5.05. The summed E-state index contributed by atoms with van der Waals surface area (Å²) in [5.41, 5.74) is 2.65. The van der Waals surface area contributed by atoms with Crippen LogP contribution in [-0.4, -0.2) is 20.4 Å². The monoisotopic (exact) mass is 407 g/mol. The number of carbonyl (C=O) groups excluding carboxylic acids is 1. The van der Waals surface area contributed by atoms with Gasteiger partial charge in [-0.1, -0.05) is 11.6 Å². The third kappa shape index (κ3) is 4.30. The SMILES string of the molecule is CC(=O)Nc1cc(Oc2ccc3c(c2)nc(Nc2ccc(Cl)cc2)n3C)ccn1. The summed E-state index contributed by atoms with van der Waals surface area (Å²) in [5, 5.41) is 6.60. The molecule has 0 radical (unpaired) electrons. The van der Waals surface area contributed by atoms with E-state index in [2.05, 4.69) is 20.6 Å². The van der Waals surface area contributed by atoms with Crippen LogP contribution in [-0.2, 0) is 11.8 Å². The average Bonchev–Trinajstić information content (AvgIpc) is 2.98. The van der Waals surface area contributed by atoms with E-state index in [0.29, 0.717) is 28.3 Å². The van der Waals surface area contributed by atoms with Crippen molar-refractivity contribution in [2.24, 2.45) is 7.05 Å². The highest BCUT2D eigenvalue weighted by atomic mass is 35.5. The van der Waals surface area contributed by atoms with E-state index in [-0.39, 0.29) is 5.91 Å². The van der Waals surface area contributed by atoms with Crippen molar-refractivity contribution in [1.29, 1.82) is 0 Å². The molecule has 2 aromatic heterocycles. The van der Waals surface area contributed by atoms with Crippen molar-refractivity contribution >= 4 is 46.0 Å². The quantitative estimate of drug-likeness (QED) is 0.480. The number of pyridine rings is 1. The predicted molar refractivity (Wildman–Crippen MR) is 114 cm³/mol. The number of hydrogen-bond donors (Lipinski definition) is 2. The number of rotatable bonds is 5. The number of aryl methyl sites for hydroxylation is 1. The van der Waals surface area contributed by atoms with Crippen LogP contribution >= 0.6 is 11.6 Å². The molecule has 0 fully saturated rings. The number of aromatic nitrogens is 3. The molecular weight excluding hydrogens is 390 g/mol. The molecular formula is C21H18ClN5O2. The Morgan fingerprint density at radius 1 is 1.07 bits per heavy atom. The Labute approximate surface area is 172 Å². The second-order valence-electron chi connectivity index (χ2n) is 6.44. The molecule has 1 amide bonds. The molecule has 8 heteroatoms. The second-order valence-corrected chi connectivity index (χ2v) is 6.87. The molecule has 4 rings (SSSR count). The van der Waals surface area contributed by atoms with E-state index in [9.17, 15) is 4.79 Å². The van der Waals surface area contributed by atoms with Gasteiger partial charge in [0.25, 0.3) is 0 Å². The Bertz CT molecular complexity index is 1190. The van der Waals surface area contributed by atoms with Gasteiger partial charge in [0.2, 0.25) is 11.9 Å². The van der Waals surface area contributed by atoms with E-state index in [1.807, 2.05) is 54.1 Å². The van der Waals surface area contributed by atoms with Crippen LogP contribution in [0.4, 0.5) is 17.5 Å². The number of fused-ring (bicyclic) bond motifs is 1. The number of benzene rings is 2. The largest absolute Gasteiger partial charge is 0.457 e. The molecule has 2 aromatic carbocycles. The standard InChI is InChI=1S/C21H18ClN5O2/c1-13(28)24-20-12-17(9-10-23-20)29-16-7-8-19-18(11-16)26-21(27(19)2)25-15-5-3-14(22)4-6-15/h3-12H,1-2H3,(H,25,26)(H,23,24,28). The summed E-state index contributed by atoms with van der Waals surface area (Å²) >= 11 is 5.94. The number of nitrogens with one attached hydrogen (secondary N) is 2. The maximum Gasteiger partial charge on any atom is 0.222 e. The predicted octanol–water partition coefficient (Wildman–Crippen LogP) is 5.12. The number of hydrogen-bond acceptors (Lipinski definition) is 5. The van der Waals surface area contributed by atoms with E-state index in [0.717, 1.165) is 16.7 Å². The van der Waals surface area contributed by atoms with Crippen LogP contribution < -0.4 is 15.4 Å². The number of imidazole rings is 1. The molecule has 0 aliphatic heterocycles. The summed E-state index contributed by atoms with van der Waals surface area (Å²) in [7, 11) is 1.94. The third-order valence-electron chi connectivity index (χ3n) is 4.22. The lowest BCUT2D eigenvalue weighted by molar-refractivity contribution is -0.114. The van der Waals surface area contributed by atoms with E-state index in [1.165, 1.54) is 6.92 Å². The summed E-state index contributed by atoms with van der Waals surface area (Å²) in [6, 6.07) is 16.5. The zero-order valence-corrected chi connectivity index (χ0v) is 16.6. The second kappa shape index (κ2) is 7.81. The van der Waals surface area contributed by atoms with Gasteiger partial charge in [-0.3, -0.25) is 4.79 Å². The van der Waals surface area contributed by atoms with E-state index in [1.54, 1.807) is 18.3 Å². The lowest BCUT2D eigenvalue weighted by Gasteiger charge is -2.07. The average molecular weight is 408 g/mol. The number of carbonyl (C=O) groups is 1. The van der Waals surface area contributed by atoms with Crippen molar-refractivity contribution in [3.63, 3.8) is 0 Å². The first kappa shape index (κ1) is 18.8. The number of anilines is 3. The summed E-state index contributed by atoms with van der Waals surface area (Å²) in [4.78, 5) is 19.9. The molecule has 0 unspecified atom stereocenters. The van der Waals surface area contributed by atoms with Crippen molar-refractivity contribution in [2.75, 3.05) is 10.6 Å². The minimum atomic E-state index is -0.190. The Morgan fingerprint density at radius 2 is 1.83 bits per heavy atom. The molecule has 0 aliphatic carbocycles. The van der Waals surface area contributed by atoms with Gasteiger partial charge < -0.3 is 19.9 Å². The van der Waals surface area contributed by atoms with Gasteiger partial charge in [-0.05, 0) is 42.5 Å². The molecule has 7 nitrogen and oxygen atoms in total. The summed E-state index contributed by atoms with van der Waals surface area (Å²) < 4.78 is 7.88. The zero-order valence-electron chi connectivity index (χ0n) is 15.8. The van der Waals surface area contributed by atoms with Crippen molar-refractivity contribution in [1.82, 2.24) is 14.5 Å². The first-order valence-electron chi connectivity index (χ1n) is 8.88. The summed E-state index contributed by atoms with van der Waals surface area (Å²) in [5.74, 6) is 2.15. The third-order valence-corrected chi connectivity index (χ3v) is 4.48. The number of amides is 1. The van der Waals surface area contributed by atoms with Gasteiger partial charge in [0.15, 0.2) is 0 Å². The van der Waals surface area contributed by atoms with E-state index in [4.69, 9.17) is 16.3 Å². The van der Waals surface area contributed by atoms with Crippen LogP contribution in [0, 0.1) is 0 Å². The zero-order chi connectivity index (χ0) is 20.4. The van der Waals surface area contributed by atoms with Gasteiger partial charge in [-0.2, -0.15) is 0 Å². The molecule has 29 heavy (non-hydrogen) atoms. The van der Waals surface area contributed by atoms with Crippen LogP contribution in [0.15, 0.2) is 60.8 Å². The Balaban J connectivity index is 1.58. The number of ether oxygens (including phenoxy) is 1. The molecule has 2 heterocycles. The fraction of sp³-hybridized carbons (Fsp3) is 0.0952. The lowest BCUT2D eigenvalue weighted by atomic mass is 10.3. The van der Waals surface area contributed by atoms with Crippen molar-refractivity contribution in [3.05, 3.63) is 65.8 Å². The van der Waals surface area contributed by atoms with Gasteiger partial charge in [0, 0.05) is 43.0 Å². The van der Waals surface area contributed by atoms with Gasteiger partial charge >= 0.3 is 0 Å². The molecule has 0 spiro atoms. The molecule has 0 bridgehead atoms. The fourth-order valence-electron chi connectivity index (χ4n) is 2.88. The van der Waals surface area contributed by atoms with E-state index >= 15 is 0 Å². The highest BCUT2D eigenvalue weighted by Gasteiger charge is 2.10. The normalized spacial score (nSPS) is 10.7. The van der Waals surface area contributed by atoms with Crippen LogP contribution in [0.2, 0.25) is 5.02 Å². The molecule has 0 atom stereocenters. The van der Waals surface area contributed by atoms with Crippen molar-refractivity contribution < 1.29 is 9.53 Å². The van der Waals surface area contributed by atoms with Crippen molar-refractivity contribution in [3.8, 4) is 11.5 Å². The van der Waals surface area contributed by atoms with E-state index < -0.39 is 0 Å². The maximum absolute atomic E-state index is 11.2. The molecule has 2 N–H and O–H groups in total. The van der Waals surface area contributed by atoms with Crippen molar-refractivity contribution in [2.45, 2.75) is 6.92 Å². The van der Waals surface area contributed by atoms with Gasteiger partial charge in [0.1, 0.15) is 17.3 Å². The molecule has 0 saturated carbocycles. The minimum Gasteiger partial charge on any atom is -0.457 e. The molecule has 4 aromatic rings. The van der Waals surface area contributed by atoms with Crippen LogP contribution in [0.25, 0.3) is 11.0 Å². The van der Waals surface area contributed by atoms with Gasteiger partial charge in [-0.25, -0.2) is 9.97 Å². The van der Waals surface area contributed by atoms with Crippen LogP contribution in [0.3, 0.4) is 0 Å².